The van der Waals surface area contributed by atoms with E-state index < -0.39 is 0 Å². The van der Waals surface area contributed by atoms with Gasteiger partial charge >= 0.3 is 0 Å². The van der Waals surface area contributed by atoms with Crippen LogP contribution < -0.4 is 4.90 Å². The van der Waals surface area contributed by atoms with Crippen molar-refractivity contribution in [2.24, 2.45) is 0 Å². The molecule has 0 saturated carbocycles. The molecule has 0 atom stereocenters. The lowest BCUT2D eigenvalue weighted by molar-refractivity contribution is 0.660. The Labute approximate surface area is 251 Å². The first-order valence-electron chi connectivity index (χ1n) is 14.7. The first-order valence-corrected chi connectivity index (χ1v) is 14.7. The molecule has 0 bridgehead atoms. The number of rotatable bonds is 4. The number of anilines is 3. The fraction of sp³-hybridized carbons (Fsp3) is 0.0750. The van der Waals surface area contributed by atoms with Crippen molar-refractivity contribution in [3.8, 4) is 22.9 Å². The molecule has 1 aliphatic rings. The molecule has 1 aliphatic carbocycles. The summed E-state index contributed by atoms with van der Waals surface area (Å²) in [4.78, 5) is 2.31. The molecular weight excluding hydrogens is 522 g/mol. The molecule has 0 N–H and O–H groups in total. The summed E-state index contributed by atoms with van der Waals surface area (Å²) in [5, 5.41) is 12.0. The van der Waals surface area contributed by atoms with Crippen molar-refractivity contribution < 1.29 is 0 Å². The third-order valence-corrected chi connectivity index (χ3v) is 9.01. The van der Waals surface area contributed by atoms with Gasteiger partial charge in [0.15, 0.2) is 0 Å². The van der Waals surface area contributed by atoms with Gasteiger partial charge in [-0.1, -0.05) is 86.6 Å². The Morgan fingerprint density at radius 1 is 0.558 bits per heavy atom. The Balaban J connectivity index is 1.37. The highest BCUT2D eigenvalue weighted by molar-refractivity contribution is 6.10. The maximum Gasteiger partial charge on any atom is 0.0991 e. The summed E-state index contributed by atoms with van der Waals surface area (Å²) in [6.45, 7) is 4.63. The molecule has 0 aliphatic heterocycles. The monoisotopic (exact) mass is 551 g/mol. The number of hydrogen-bond acceptors (Lipinski definition) is 2. The van der Waals surface area contributed by atoms with E-state index >= 15 is 0 Å². The smallest absolute Gasteiger partial charge is 0.0991 e. The third-order valence-electron chi connectivity index (χ3n) is 9.01. The summed E-state index contributed by atoms with van der Waals surface area (Å²) in [6, 6.07) is 51.7. The van der Waals surface area contributed by atoms with Gasteiger partial charge in [-0.2, -0.15) is 5.26 Å². The number of para-hydroxylation sites is 2. The van der Waals surface area contributed by atoms with Crippen LogP contribution in [-0.4, -0.2) is 4.57 Å². The maximum absolute atomic E-state index is 9.51. The lowest BCUT2D eigenvalue weighted by Gasteiger charge is -2.28. The zero-order valence-corrected chi connectivity index (χ0v) is 24.1. The minimum absolute atomic E-state index is 0.109. The quantitative estimate of drug-likeness (QED) is 0.218. The molecule has 204 valence electrons. The van der Waals surface area contributed by atoms with Crippen molar-refractivity contribution in [3.63, 3.8) is 0 Å². The molecule has 43 heavy (non-hydrogen) atoms. The number of nitriles is 1. The Morgan fingerprint density at radius 2 is 1.19 bits per heavy atom. The van der Waals surface area contributed by atoms with E-state index in [4.69, 9.17) is 0 Å². The summed E-state index contributed by atoms with van der Waals surface area (Å²) in [5.41, 5.74) is 12.5. The van der Waals surface area contributed by atoms with E-state index in [0.717, 1.165) is 28.3 Å². The SMILES string of the molecule is CC1(C)c2ccccc2-c2ccc(N(c3ccc(C#N)cc3)c3ccc4c5ccccc5n(-c5ccccc5)c4c3)cc21. The second-order valence-electron chi connectivity index (χ2n) is 11.8. The van der Waals surface area contributed by atoms with Gasteiger partial charge in [-0.3, -0.25) is 0 Å². The fourth-order valence-corrected chi connectivity index (χ4v) is 6.92. The molecule has 0 radical (unpaired) electrons. The van der Waals surface area contributed by atoms with Crippen molar-refractivity contribution in [3.05, 3.63) is 156 Å². The number of fused-ring (bicyclic) bond motifs is 6. The standard InChI is InChI=1S/C40H29N3/c1-40(2)36-14-8-6-12-32(36)33-22-20-30(24-37(33)40)42(29-18-16-27(26-41)17-19-29)31-21-23-35-34-13-7-9-15-38(34)43(39(35)25-31)28-10-4-3-5-11-28/h3-25H,1-2H3. The highest BCUT2D eigenvalue weighted by Crippen LogP contribution is 2.50. The molecule has 3 nitrogen and oxygen atoms in total. The van der Waals surface area contributed by atoms with E-state index in [-0.39, 0.29) is 5.41 Å². The zero-order chi connectivity index (χ0) is 29.1. The first kappa shape index (κ1) is 25.1. The van der Waals surface area contributed by atoms with Gasteiger partial charge in [0.2, 0.25) is 0 Å². The molecule has 0 fully saturated rings. The lowest BCUT2D eigenvalue weighted by atomic mass is 9.82. The molecule has 8 rings (SSSR count). The predicted octanol–water partition coefficient (Wildman–Crippen LogP) is 10.4. The maximum atomic E-state index is 9.51. The molecule has 0 saturated heterocycles. The second kappa shape index (κ2) is 9.48. The summed E-state index contributed by atoms with van der Waals surface area (Å²) in [7, 11) is 0. The van der Waals surface area contributed by atoms with Gasteiger partial charge in [-0.15, -0.1) is 0 Å². The Kier molecular flexibility index (Phi) is 5.54. The van der Waals surface area contributed by atoms with Gasteiger partial charge in [-0.05, 0) is 89.0 Å². The van der Waals surface area contributed by atoms with E-state index in [9.17, 15) is 5.26 Å². The Morgan fingerprint density at radius 3 is 2.00 bits per heavy atom. The van der Waals surface area contributed by atoms with Crippen LogP contribution in [-0.2, 0) is 5.41 Å². The zero-order valence-electron chi connectivity index (χ0n) is 24.1. The van der Waals surface area contributed by atoms with Crippen molar-refractivity contribution >= 4 is 38.9 Å². The Bertz CT molecular complexity index is 2210. The first-order chi connectivity index (χ1) is 21.0. The van der Waals surface area contributed by atoms with Crippen molar-refractivity contribution in [2.45, 2.75) is 19.3 Å². The predicted molar refractivity (Wildman–Crippen MR) is 178 cm³/mol. The van der Waals surface area contributed by atoms with Crippen LogP contribution in [0.5, 0.6) is 0 Å². The number of nitrogens with zero attached hydrogens (tertiary/aromatic N) is 3. The normalized spacial score (nSPS) is 13.0. The third kappa shape index (κ3) is 3.81. The van der Waals surface area contributed by atoms with Crippen LogP contribution in [0.2, 0.25) is 0 Å². The van der Waals surface area contributed by atoms with Crippen LogP contribution in [0.15, 0.2) is 140 Å². The molecule has 0 amide bonds. The van der Waals surface area contributed by atoms with E-state index in [1.807, 2.05) is 24.3 Å². The molecule has 6 aromatic carbocycles. The van der Waals surface area contributed by atoms with E-state index in [1.54, 1.807) is 0 Å². The van der Waals surface area contributed by atoms with E-state index in [2.05, 4.69) is 145 Å². The molecule has 3 heteroatoms. The topological polar surface area (TPSA) is 32.0 Å². The molecule has 7 aromatic rings. The summed E-state index contributed by atoms with van der Waals surface area (Å²) >= 11 is 0. The molecular formula is C40H29N3. The van der Waals surface area contributed by atoms with Gasteiger partial charge < -0.3 is 9.47 Å². The van der Waals surface area contributed by atoms with Gasteiger partial charge in [-0.25, -0.2) is 0 Å². The van der Waals surface area contributed by atoms with E-state index in [0.29, 0.717) is 5.56 Å². The lowest BCUT2D eigenvalue weighted by Crippen LogP contribution is -2.16. The van der Waals surface area contributed by atoms with Gasteiger partial charge in [0.25, 0.3) is 0 Å². The number of benzene rings is 6. The largest absolute Gasteiger partial charge is 0.310 e. The summed E-state index contributed by atoms with van der Waals surface area (Å²) in [6.07, 6.45) is 0. The van der Waals surface area contributed by atoms with Gasteiger partial charge in [0.1, 0.15) is 0 Å². The van der Waals surface area contributed by atoms with Crippen LogP contribution in [0.1, 0.15) is 30.5 Å². The van der Waals surface area contributed by atoms with Crippen LogP contribution in [0.3, 0.4) is 0 Å². The van der Waals surface area contributed by atoms with Crippen LogP contribution in [0, 0.1) is 11.3 Å². The Hall–Kier alpha value is -5.59. The van der Waals surface area contributed by atoms with Gasteiger partial charge in [0.05, 0.1) is 22.7 Å². The highest BCUT2D eigenvalue weighted by Gasteiger charge is 2.35. The molecule has 0 unspecified atom stereocenters. The summed E-state index contributed by atoms with van der Waals surface area (Å²) < 4.78 is 2.35. The molecule has 0 spiro atoms. The average Bonchev–Trinajstić information content (AvgIpc) is 3.50. The fourth-order valence-electron chi connectivity index (χ4n) is 6.92. The van der Waals surface area contributed by atoms with E-state index in [1.165, 1.54) is 38.5 Å². The molecule has 1 aromatic heterocycles. The van der Waals surface area contributed by atoms with Crippen molar-refractivity contribution in [1.82, 2.24) is 4.57 Å². The number of hydrogen-bond donors (Lipinski definition) is 0. The van der Waals surface area contributed by atoms with Crippen LogP contribution in [0.4, 0.5) is 17.1 Å². The van der Waals surface area contributed by atoms with Crippen molar-refractivity contribution in [1.29, 1.82) is 5.26 Å². The number of aromatic nitrogens is 1. The minimum atomic E-state index is -0.109. The highest BCUT2D eigenvalue weighted by atomic mass is 15.1. The average molecular weight is 552 g/mol. The van der Waals surface area contributed by atoms with Crippen LogP contribution >= 0.6 is 0 Å². The molecule has 1 heterocycles. The second-order valence-corrected chi connectivity index (χ2v) is 11.8. The van der Waals surface area contributed by atoms with Crippen molar-refractivity contribution in [2.75, 3.05) is 4.90 Å². The van der Waals surface area contributed by atoms with Crippen LogP contribution in [0.25, 0.3) is 38.6 Å². The summed E-state index contributed by atoms with van der Waals surface area (Å²) in [5.74, 6) is 0. The van der Waals surface area contributed by atoms with Gasteiger partial charge in [0, 0.05) is 38.9 Å². The minimum Gasteiger partial charge on any atom is -0.310 e.